The monoisotopic (exact) mass is 505 g/mol. The number of ether oxygens (including phenoxy) is 1. The Balaban J connectivity index is 1.33. The van der Waals surface area contributed by atoms with Crippen LogP contribution in [0.4, 0.5) is 0 Å². The van der Waals surface area contributed by atoms with Crippen LogP contribution in [0.5, 0.6) is 5.75 Å². The van der Waals surface area contributed by atoms with E-state index in [1.165, 1.54) is 0 Å². The predicted molar refractivity (Wildman–Crippen MR) is 136 cm³/mol. The first-order valence-electron chi connectivity index (χ1n) is 11.3. The largest absolute Gasteiger partial charge is 0.493 e. The second-order valence-electron chi connectivity index (χ2n) is 8.00. The molecule has 33 heavy (non-hydrogen) atoms. The number of amides is 1. The van der Waals surface area contributed by atoms with Gasteiger partial charge in [0.15, 0.2) is 0 Å². The zero-order valence-electron chi connectivity index (χ0n) is 18.8. The van der Waals surface area contributed by atoms with Crippen molar-refractivity contribution < 1.29 is 9.53 Å². The van der Waals surface area contributed by atoms with Gasteiger partial charge in [0.05, 0.1) is 17.6 Å². The summed E-state index contributed by atoms with van der Waals surface area (Å²) < 4.78 is 9.17. The topological polar surface area (TPSA) is 56.1 Å². The van der Waals surface area contributed by atoms with Crippen LogP contribution in [0.1, 0.15) is 34.6 Å². The van der Waals surface area contributed by atoms with Crippen LogP contribution in [0.15, 0.2) is 77.3 Å². The van der Waals surface area contributed by atoms with Gasteiger partial charge in [-0.05, 0) is 67.8 Å². The number of para-hydroxylation sites is 3. The van der Waals surface area contributed by atoms with Gasteiger partial charge in [0.1, 0.15) is 11.6 Å². The van der Waals surface area contributed by atoms with Gasteiger partial charge in [0.2, 0.25) is 0 Å². The molecule has 0 spiro atoms. The maximum atomic E-state index is 12.4. The van der Waals surface area contributed by atoms with Crippen molar-refractivity contribution in [1.29, 1.82) is 0 Å². The number of hydrogen-bond donors (Lipinski definition) is 1. The third-order valence-corrected chi connectivity index (χ3v) is 6.13. The summed E-state index contributed by atoms with van der Waals surface area (Å²) in [6.45, 7) is 4.16. The molecule has 1 amide bonds. The molecule has 0 aliphatic carbocycles. The first-order chi connectivity index (χ1) is 16.1. The van der Waals surface area contributed by atoms with Gasteiger partial charge >= 0.3 is 0 Å². The van der Waals surface area contributed by atoms with Crippen molar-refractivity contribution >= 4 is 32.9 Å². The van der Waals surface area contributed by atoms with Crippen LogP contribution in [-0.2, 0) is 13.0 Å². The summed E-state index contributed by atoms with van der Waals surface area (Å²) in [5.41, 5.74) is 3.93. The quantitative estimate of drug-likeness (QED) is 0.271. The average Bonchev–Trinajstić information content (AvgIpc) is 3.17. The number of unbranched alkanes of at least 4 members (excludes halogenated alkanes) is 1. The lowest BCUT2D eigenvalue weighted by atomic mass is 10.2. The van der Waals surface area contributed by atoms with Crippen molar-refractivity contribution in [2.75, 3.05) is 13.2 Å². The summed E-state index contributed by atoms with van der Waals surface area (Å²) in [5, 5.41) is 3.01. The van der Waals surface area contributed by atoms with E-state index in [1.807, 2.05) is 60.7 Å². The van der Waals surface area contributed by atoms with Gasteiger partial charge in [0, 0.05) is 29.5 Å². The smallest absolute Gasteiger partial charge is 0.251 e. The first kappa shape index (κ1) is 23.1. The molecular weight excluding hydrogens is 478 g/mol. The van der Waals surface area contributed by atoms with Crippen LogP contribution in [-0.4, -0.2) is 28.6 Å². The summed E-state index contributed by atoms with van der Waals surface area (Å²) in [6.07, 6.45) is 2.63. The fourth-order valence-corrected chi connectivity index (χ4v) is 4.09. The van der Waals surface area contributed by atoms with E-state index >= 15 is 0 Å². The van der Waals surface area contributed by atoms with E-state index in [4.69, 9.17) is 9.72 Å². The number of rotatable bonds is 10. The molecule has 0 fully saturated rings. The number of benzene rings is 3. The van der Waals surface area contributed by atoms with Gasteiger partial charge in [-0.25, -0.2) is 4.98 Å². The van der Waals surface area contributed by atoms with Crippen molar-refractivity contribution in [3.63, 3.8) is 0 Å². The average molecular weight is 506 g/mol. The van der Waals surface area contributed by atoms with Gasteiger partial charge in [-0.2, -0.15) is 0 Å². The number of aromatic nitrogens is 2. The molecule has 1 heterocycles. The highest BCUT2D eigenvalue weighted by Gasteiger charge is 2.11. The standard InChI is InChI=1S/C27H28BrN3O2/c1-20-8-2-5-11-25(20)33-19-7-6-18-31-24-10-4-3-9-23(24)30-26(31)16-17-29-27(32)21-12-14-22(28)15-13-21/h2-5,8-15H,6-7,16-19H2,1H3,(H,29,32). The Morgan fingerprint density at radius 1 is 1.00 bits per heavy atom. The van der Waals surface area contributed by atoms with Crippen LogP contribution >= 0.6 is 15.9 Å². The highest BCUT2D eigenvalue weighted by atomic mass is 79.9. The van der Waals surface area contributed by atoms with Gasteiger partial charge in [0.25, 0.3) is 5.91 Å². The summed E-state index contributed by atoms with van der Waals surface area (Å²) >= 11 is 3.40. The Hall–Kier alpha value is -3.12. The van der Waals surface area contributed by atoms with E-state index in [0.717, 1.165) is 52.0 Å². The van der Waals surface area contributed by atoms with E-state index in [2.05, 4.69) is 44.9 Å². The number of fused-ring (bicyclic) bond motifs is 1. The van der Waals surface area contributed by atoms with E-state index in [-0.39, 0.29) is 5.91 Å². The zero-order chi connectivity index (χ0) is 23.0. The first-order valence-corrected chi connectivity index (χ1v) is 12.1. The molecule has 0 atom stereocenters. The molecular formula is C27H28BrN3O2. The van der Waals surface area contributed by atoms with Crippen molar-refractivity contribution in [2.24, 2.45) is 0 Å². The minimum atomic E-state index is -0.0708. The second-order valence-corrected chi connectivity index (χ2v) is 8.92. The molecule has 4 aromatic rings. The molecule has 6 heteroatoms. The van der Waals surface area contributed by atoms with Gasteiger partial charge < -0.3 is 14.6 Å². The zero-order valence-corrected chi connectivity index (χ0v) is 20.3. The number of aryl methyl sites for hydroxylation is 2. The van der Waals surface area contributed by atoms with Crippen molar-refractivity contribution in [1.82, 2.24) is 14.9 Å². The Kier molecular flexibility index (Phi) is 7.79. The number of carbonyl (C=O) groups is 1. The third-order valence-electron chi connectivity index (χ3n) is 5.60. The lowest BCUT2D eigenvalue weighted by Gasteiger charge is -2.11. The fraction of sp³-hybridized carbons (Fsp3) is 0.259. The minimum absolute atomic E-state index is 0.0708. The molecule has 0 bridgehead atoms. The molecule has 0 aliphatic heterocycles. The van der Waals surface area contributed by atoms with Crippen molar-refractivity contribution in [3.8, 4) is 5.75 Å². The summed E-state index contributed by atoms with van der Waals surface area (Å²) in [4.78, 5) is 17.2. The summed E-state index contributed by atoms with van der Waals surface area (Å²) in [6, 6.07) is 23.7. The Bertz CT molecular complexity index is 1220. The second kappa shape index (κ2) is 11.1. The molecule has 3 aromatic carbocycles. The molecule has 1 aromatic heterocycles. The van der Waals surface area contributed by atoms with Crippen LogP contribution < -0.4 is 10.1 Å². The van der Waals surface area contributed by atoms with Crippen LogP contribution in [0.25, 0.3) is 11.0 Å². The van der Waals surface area contributed by atoms with Gasteiger partial charge in [-0.3, -0.25) is 4.79 Å². The number of hydrogen-bond acceptors (Lipinski definition) is 3. The van der Waals surface area contributed by atoms with Crippen LogP contribution in [0.3, 0.4) is 0 Å². The third kappa shape index (κ3) is 6.02. The van der Waals surface area contributed by atoms with Crippen LogP contribution in [0.2, 0.25) is 0 Å². The molecule has 1 N–H and O–H groups in total. The Morgan fingerprint density at radius 2 is 1.76 bits per heavy atom. The highest BCUT2D eigenvalue weighted by Crippen LogP contribution is 2.19. The number of halogens is 1. The molecule has 4 rings (SSSR count). The molecule has 0 aliphatic rings. The molecule has 0 unspecified atom stereocenters. The van der Waals surface area contributed by atoms with Crippen molar-refractivity contribution in [2.45, 2.75) is 32.7 Å². The van der Waals surface area contributed by atoms with Crippen molar-refractivity contribution in [3.05, 3.63) is 94.2 Å². The van der Waals surface area contributed by atoms with E-state index in [9.17, 15) is 4.79 Å². The molecule has 0 saturated carbocycles. The Labute approximate surface area is 202 Å². The molecule has 0 radical (unpaired) electrons. The number of carbonyl (C=O) groups excluding carboxylic acids is 1. The summed E-state index contributed by atoms with van der Waals surface area (Å²) in [7, 11) is 0. The normalized spacial score (nSPS) is 11.0. The fourth-order valence-electron chi connectivity index (χ4n) is 3.83. The lowest BCUT2D eigenvalue weighted by molar-refractivity contribution is 0.0954. The summed E-state index contributed by atoms with van der Waals surface area (Å²) in [5.74, 6) is 1.87. The molecule has 0 saturated heterocycles. The Morgan fingerprint density at radius 3 is 2.58 bits per heavy atom. The maximum absolute atomic E-state index is 12.4. The SMILES string of the molecule is Cc1ccccc1OCCCCn1c(CCNC(=O)c2ccc(Br)cc2)nc2ccccc21. The molecule has 5 nitrogen and oxygen atoms in total. The minimum Gasteiger partial charge on any atom is -0.493 e. The van der Waals surface area contributed by atoms with Gasteiger partial charge in [-0.1, -0.05) is 46.3 Å². The van der Waals surface area contributed by atoms with E-state index < -0.39 is 0 Å². The maximum Gasteiger partial charge on any atom is 0.251 e. The predicted octanol–water partition coefficient (Wildman–Crippen LogP) is 5.94. The van der Waals surface area contributed by atoms with E-state index in [1.54, 1.807) is 0 Å². The van der Waals surface area contributed by atoms with Gasteiger partial charge in [-0.15, -0.1) is 0 Å². The number of nitrogens with zero attached hydrogens (tertiary/aromatic N) is 2. The molecule has 170 valence electrons. The van der Waals surface area contributed by atoms with E-state index in [0.29, 0.717) is 25.1 Å². The highest BCUT2D eigenvalue weighted by molar-refractivity contribution is 9.10. The number of nitrogens with one attached hydrogen (secondary N) is 1. The lowest BCUT2D eigenvalue weighted by Crippen LogP contribution is -2.26. The van der Waals surface area contributed by atoms with Crippen LogP contribution in [0, 0.1) is 6.92 Å². The number of imidazole rings is 1.